The first-order valence-corrected chi connectivity index (χ1v) is 8.02. The van der Waals surface area contributed by atoms with Gasteiger partial charge in [0.1, 0.15) is 0 Å². The lowest BCUT2D eigenvalue weighted by Gasteiger charge is -2.36. The maximum Gasteiger partial charge on any atom is 0.0414 e. The van der Waals surface area contributed by atoms with E-state index in [1.807, 2.05) is 0 Å². The summed E-state index contributed by atoms with van der Waals surface area (Å²) in [5.74, 6) is 2.49. The fourth-order valence-electron chi connectivity index (χ4n) is 2.48. The molecule has 1 aromatic rings. The van der Waals surface area contributed by atoms with Gasteiger partial charge in [-0.25, -0.2) is 0 Å². The molecule has 1 fully saturated rings. The molecule has 1 saturated heterocycles. The van der Waals surface area contributed by atoms with E-state index in [0.29, 0.717) is 6.04 Å². The lowest BCUT2D eigenvalue weighted by Crippen LogP contribution is -2.41. The van der Waals surface area contributed by atoms with E-state index >= 15 is 0 Å². The van der Waals surface area contributed by atoms with Crippen LogP contribution in [0, 0.1) is 6.92 Å². The minimum atomic E-state index is 0.645. The van der Waals surface area contributed by atoms with Gasteiger partial charge in [-0.2, -0.15) is 11.8 Å². The third kappa shape index (κ3) is 3.21. The molecule has 0 saturated carbocycles. The summed E-state index contributed by atoms with van der Waals surface area (Å²) in [6.07, 6.45) is 0. The molecule has 0 amide bonds. The van der Waals surface area contributed by atoms with Crippen molar-refractivity contribution < 1.29 is 0 Å². The molecule has 0 radical (unpaired) electrons. The van der Waals surface area contributed by atoms with E-state index < -0.39 is 0 Å². The maximum absolute atomic E-state index is 3.45. The van der Waals surface area contributed by atoms with Crippen molar-refractivity contribution in [2.75, 3.05) is 29.5 Å². The molecule has 1 unspecified atom stereocenters. The number of benzene rings is 1. The Balaban J connectivity index is 2.24. The topological polar surface area (TPSA) is 15.3 Å². The van der Waals surface area contributed by atoms with Gasteiger partial charge >= 0.3 is 0 Å². The fourth-order valence-corrected chi connectivity index (χ4v) is 3.49. The van der Waals surface area contributed by atoms with E-state index in [9.17, 15) is 0 Å². The fraction of sp³-hybridized carbons (Fsp3) is 0.600. The highest BCUT2D eigenvalue weighted by molar-refractivity contribution is 7.99. The Morgan fingerprint density at radius 1 is 1.44 bits per heavy atom. The maximum atomic E-state index is 3.45. The summed E-state index contributed by atoms with van der Waals surface area (Å²) in [6, 6.07) is 7.51. The first kappa shape index (κ1) is 13.8. The zero-order valence-electron chi connectivity index (χ0n) is 11.7. The van der Waals surface area contributed by atoms with Crippen molar-refractivity contribution in [1.29, 1.82) is 0 Å². The van der Waals surface area contributed by atoms with Gasteiger partial charge in [0.05, 0.1) is 0 Å². The monoisotopic (exact) mass is 264 g/mol. The first-order valence-electron chi connectivity index (χ1n) is 6.87. The quantitative estimate of drug-likeness (QED) is 0.900. The number of rotatable bonds is 4. The summed E-state index contributed by atoms with van der Waals surface area (Å²) in [7, 11) is 0. The zero-order chi connectivity index (χ0) is 13.0. The molecule has 0 aliphatic carbocycles. The molecule has 1 aromatic carbocycles. The predicted molar refractivity (Wildman–Crippen MR) is 82.7 cm³/mol. The van der Waals surface area contributed by atoms with E-state index in [4.69, 9.17) is 0 Å². The second-order valence-electron chi connectivity index (χ2n) is 5.03. The summed E-state index contributed by atoms with van der Waals surface area (Å²) in [5, 5.41) is 3.45. The molecule has 1 atom stereocenters. The Morgan fingerprint density at radius 3 is 3.00 bits per heavy atom. The van der Waals surface area contributed by atoms with E-state index in [1.54, 1.807) is 0 Å². The average molecular weight is 264 g/mol. The van der Waals surface area contributed by atoms with E-state index in [1.165, 1.54) is 34.9 Å². The van der Waals surface area contributed by atoms with Crippen molar-refractivity contribution >= 4 is 17.4 Å². The Hall–Kier alpha value is -0.670. The van der Waals surface area contributed by atoms with Gasteiger partial charge in [0, 0.05) is 36.3 Å². The van der Waals surface area contributed by atoms with Crippen LogP contribution in [0.5, 0.6) is 0 Å². The summed E-state index contributed by atoms with van der Waals surface area (Å²) < 4.78 is 0. The van der Waals surface area contributed by atoms with Crippen LogP contribution in [0.1, 0.15) is 25.0 Å². The predicted octanol–water partition coefficient (Wildman–Crippen LogP) is 3.05. The number of anilines is 1. The zero-order valence-corrected chi connectivity index (χ0v) is 12.5. The summed E-state index contributed by atoms with van der Waals surface area (Å²) in [4.78, 5) is 2.57. The molecule has 1 N–H and O–H groups in total. The number of aryl methyl sites for hydroxylation is 1. The van der Waals surface area contributed by atoms with Gasteiger partial charge in [0.2, 0.25) is 0 Å². The molecule has 2 rings (SSSR count). The molecule has 1 heterocycles. The Morgan fingerprint density at radius 2 is 2.28 bits per heavy atom. The van der Waals surface area contributed by atoms with E-state index in [0.717, 1.165) is 13.1 Å². The number of nitrogens with one attached hydrogen (secondary N) is 1. The van der Waals surface area contributed by atoms with Crippen molar-refractivity contribution in [3.05, 3.63) is 29.3 Å². The third-order valence-corrected chi connectivity index (χ3v) is 4.67. The smallest absolute Gasteiger partial charge is 0.0414 e. The van der Waals surface area contributed by atoms with Crippen LogP contribution in [-0.4, -0.2) is 30.6 Å². The van der Waals surface area contributed by atoms with Crippen LogP contribution in [0.25, 0.3) is 0 Å². The van der Waals surface area contributed by atoms with Gasteiger partial charge in [-0.05, 0) is 32.0 Å². The SMILES string of the molecule is CCNCc1cc(C)ccc1N1CCSCC1C. The minimum Gasteiger partial charge on any atom is -0.367 e. The molecule has 1 aliphatic heterocycles. The normalized spacial score (nSPS) is 20.2. The number of nitrogens with zero attached hydrogens (tertiary/aromatic N) is 1. The molecule has 2 nitrogen and oxygen atoms in total. The number of hydrogen-bond acceptors (Lipinski definition) is 3. The highest BCUT2D eigenvalue weighted by Gasteiger charge is 2.20. The van der Waals surface area contributed by atoms with Gasteiger partial charge in [-0.15, -0.1) is 0 Å². The summed E-state index contributed by atoms with van der Waals surface area (Å²) in [5.41, 5.74) is 4.22. The van der Waals surface area contributed by atoms with Crippen molar-refractivity contribution in [2.24, 2.45) is 0 Å². The van der Waals surface area contributed by atoms with Crippen LogP contribution < -0.4 is 10.2 Å². The van der Waals surface area contributed by atoms with E-state index in [2.05, 4.69) is 60.9 Å². The van der Waals surface area contributed by atoms with Crippen LogP contribution in [-0.2, 0) is 6.54 Å². The van der Waals surface area contributed by atoms with Gasteiger partial charge < -0.3 is 10.2 Å². The van der Waals surface area contributed by atoms with Crippen LogP contribution in [0.2, 0.25) is 0 Å². The van der Waals surface area contributed by atoms with Crippen molar-refractivity contribution in [3.8, 4) is 0 Å². The minimum absolute atomic E-state index is 0.645. The van der Waals surface area contributed by atoms with Gasteiger partial charge in [0.25, 0.3) is 0 Å². The van der Waals surface area contributed by atoms with Crippen LogP contribution in [0.15, 0.2) is 18.2 Å². The molecular formula is C15H24N2S. The second-order valence-corrected chi connectivity index (χ2v) is 6.18. The molecule has 1 aliphatic rings. The van der Waals surface area contributed by atoms with Crippen LogP contribution in [0.3, 0.4) is 0 Å². The van der Waals surface area contributed by atoms with E-state index in [-0.39, 0.29) is 0 Å². The third-order valence-electron chi connectivity index (χ3n) is 3.48. The van der Waals surface area contributed by atoms with Crippen molar-refractivity contribution in [2.45, 2.75) is 33.4 Å². The molecule has 0 bridgehead atoms. The van der Waals surface area contributed by atoms with Gasteiger partial charge in [-0.1, -0.05) is 24.6 Å². The molecule has 18 heavy (non-hydrogen) atoms. The molecular weight excluding hydrogens is 240 g/mol. The number of hydrogen-bond donors (Lipinski definition) is 1. The second kappa shape index (κ2) is 6.48. The Bertz CT molecular complexity index is 392. The van der Waals surface area contributed by atoms with Crippen LogP contribution >= 0.6 is 11.8 Å². The van der Waals surface area contributed by atoms with Crippen LogP contribution in [0.4, 0.5) is 5.69 Å². The summed E-state index contributed by atoms with van der Waals surface area (Å²) in [6.45, 7) is 9.85. The lowest BCUT2D eigenvalue weighted by atomic mass is 10.1. The Kier molecular flexibility index (Phi) is 4.95. The molecule has 100 valence electrons. The van der Waals surface area contributed by atoms with Crippen molar-refractivity contribution in [3.63, 3.8) is 0 Å². The standard InChI is InChI=1S/C15H24N2S/c1-4-16-10-14-9-12(2)5-6-15(14)17-7-8-18-11-13(17)3/h5-6,9,13,16H,4,7-8,10-11H2,1-3H3. The largest absolute Gasteiger partial charge is 0.367 e. The summed E-state index contributed by atoms with van der Waals surface area (Å²) >= 11 is 2.07. The molecule has 0 aromatic heterocycles. The average Bonchev–Trinajstić information content (AvgIpc) is 2.37. The van der Waals surface area contributed by atoms with Crippen molar-refractivity contribution in [1.82, 2.24) is 5.32 Å². The highest BCUT2D eigenvalue weighted by Crippen LogP contribution is 2.28. The highest BCUT2D eigenvalue weighted by atomic mass is 32.2. The lowest BCUT2D eigenvalue weighted by molar-refractivity contribution is 0.681. The molecule has 3 heteroatoms. The molecule has 0 spiro atoms. The first-order chi connectivity index (χ1) is 8.72. The van der Waals surface area contributed by atoms with Gasteiger partial charge in [-0.3, -0.25) is 0 Å². The Labute approximate surface area is 115 Å². The number of thioether (sulfide) groups is 1. The van der Waals surface area contributed by atoms with Gasteiger partial charge in [0.15, 0.2) is 0 Å².